The highest BCUT2D eigenvalue weighted by atomic mass is 32.2. The molecule has 0 atom stereocenters. The monoisotopic (exact) mass is 426 g/mol. The summed E-state index contributed by atoms with van der Waals surface area (Å²) in [7, 11) is -3.53. The molecule has 0 saturated carbocycles. The fraction of sp³-hybridized carbons (Fsp3) is 0.238. The van der Waals surface area contributed by atoms with Gasteiger partial charge in [0.2, 0.25) is 10.0 Å². The van der Waals surface area contributed by atoms with Crippen molar-refractivity contribution in [2.45, 2.75) is 11.4 Å². The van der Waals surface area contributed by atoms with Crippen LogP contribution in [0.2, 0.25) is 0 Å². The highest BCUT2D eigenvalue weighted by molar-refractivity contribution is 7.89. The van der Waals surface area contributed by atoms with Gasteiger partial charge in [0.1, 0.15) is 5.69 Å². The summed E-state index contributed by atoms with van der Waals surface area (Å²) in [4.78, 5) is 16.9. The molecule has 3 aromatic rings. The van der Waals surface area contributed by atoms with Crippen molar-refractivity contribution in [3.05, 3.63) is 78.4 Å². The number of hydrogen-bond donors (Lipinski definition) is 1. The van der Waals surface area contributed by atoms with Crippen LogP contribution in [0.1, 0.15) is 16.1 Å². The summed E-state index contributed by atoms with van der Waals surface area (Å²) >= 11 is 0. The first-order chi connectivity index (χ1) is 14.6. The van der Waals surface area contributed by atoms with Crippen LogP contribution in [0.3, 0.4) is 0 Å². The number of imidazole rings is 1. The predicted molar refractivity (Wildman–Crippen MR) is 111 cm³/mol. The molecule has 4 rings (SSSR count). The van der Waals surface area contributed by atoms with Crippen molar-refractivity contribution in [2.75, 3.05) is 26.3 Å². The Hall–Kier alpha value is -3.01. The smallest absolute Gasteiger partial charge is 0.270 e. The van der Waals surface area contributed by atoms with Crippen molar-refractivity contribution in [3.8, 4) is 5.69 Å². The zero-order valence-corrected chi connectivity index (χ0v) is 17.1. The van der Waals surface area contributed by atoms with Crippen LogP contribution >= 0.6 is 0 Å². The third-order valence-corrected chi connectivity index (χ3v) is 6.80. The van der Waals surface area contributed by atoms with Crippen molar-refractivity contribution in [1.29, 1.82) is 0 Å². The Kier molecular flexibility index (Phi) is 5.93. The molecule has 0 bridgehead atoms. The van der Waals surface area contributed by atoms with Gasteiger partial charge in [0.05, 0.1) is 30.6 Å². The molecule has 1 amide bonds. The van der Waals surface area contributed by atoms with E-state index in [1.165, 1.54) is 10.5 Å². The number of sulfonamides is 1. The van der Waals surface area contributed by atoms with E-state index in [0.29, 0.717) is 32.0 Å². The average Bonchev–Trinajstić information content (AvgIpc) is 3.29. The average molecular weight is 426 g/mol. The SMILES string of the molecule is O=C(NCc1ccc(S(=O)(=O)N2CCOCC2)cc1)c1cncn1-c1ccccc1. The number of benzene rings is 2. The maximum Gasteiger partial charge on any atom is 0.270 e. The lowest BCUT2D eigenvalue weighted by molar-refractivity contribution is 0.0730. The summed E-state index contributed by atoms with van der Waals surface area (Å²) in [6.45, 7) is 1.80. The van der Waals surface area contributed by atoms with E-state index in [9.17, 15) is 13.2 Å². The van der Waals surface area contributed by atoms with Gasteiger partial charge in [-0.3, -0.25) is 9.36 Å². The predicted octanol–water partition coefficient (Wildman–Crippen LogP) is 1.82. The number of nitrogens with zero attached hydrogens (tertiary/aromatic N) is 3. The van der Waals surface area contributed by atoms with Gasteiger partial charge in [0.15, 0.2) is 0 Å². The summed E-state index contributed by atoms with van der Waals surface area (Å²) in [6.07, 6.45) is 3.11. The molecule has 0 radical (unpaired) electrons. The van der Waals surface area contributed by atoms with Crippen LogP contribution in [0.4, 0.5) is 0 Å². The second-order valence-electron chi connectivity index (χ2n) is 6.83. The molecule has 2 heterocycles. The number of morpholine rings is 1. The molecular formula is C21H22N4O4S. The van der Waals surface area contributed by atoms with Crippen LogP contribution < -0.4 is 5.32 Å². The second-order valence-corrected chi connectivity index (χ2v) is 8.77. The van der Waals surface area contributed by atoms with E-state index in [4.69, 9.17) is 4.74 Å². The first kappa shape index (κ1) is 20.3. The molecule has 1 saturated heterocycles. The van der Waals surface area contributed by atoms with Crippen molar-refractivity contribution in [2.24, 2.45) is 0 Å². The summed E-state index contributed by atoms with van der Waals surface area (Å²) in [6, 6.07) is 16.0. The summed E-state index contributed by atoms with van der Waals surface area (Å²) in [5.74, 6) is -0.263. The number of carbonyl (C=O) groups is 1. The minimum absolute atomic E-state index is 0.238. The maximum atomic E-state index is 12.7. The molecule has 0 spiro atoms. The Balaban J connectivity index is 1.41. The van der Waals surface area contributed by atoms with Crippen LogP contribution in [0.5, 0.6) is 0 Å². The molecule has 156 valence electrons. The van der Waals surface area contributed by atoms with Gasteiger partial charge in [-0.2, -0.15) is 4.31 Å². The molecule has 0 unspecified atom stereocenters. The lowest BCUT2D eigenvalue weighted by Crippen LogP contribution is -2.40. The van der Waals surface area contributed by atoms with E-state index in [1.807, 2.05) is 30.3 Å². The third-order valence-electron chi connectivity index (χ3n) is 4.89. The fourth-order valence-corrected chi connectivity index (χ4v) is 4.65. The van der Waals surface area contributed by atoms with Crippen LogP contribution in [-0.4, -0.2) is 54.5 Å². The molecule has 1 N–H and O–H groups in total. The number of aromatic nitrogens is 2. The molecule has 2 aromatic carbocycles. The third kappa shape index (κ3) is 4.28. The largest absolute Gasteiger partial charge is 0.379 e. The minimum Gasteiger partial charge on any atom is -0.379 e. The van der Waals surface area contributed by atoms with Gasteiger partial charge in [-0.1, -0.05) is 30.3 Å². The highest BCUT2D eigenvalue weighted by Crippen LogP contribution is 2.18. The van der Waals surface area contributed by atoms with E-state index in [1.54, 1.807) is 35.2 Å². The number of ether oxygens (including phenoxy) is 1. The van der Waals surface area contributed by atoms with Gasteiger partial charge in [-0.05, 0) is 29.8 Å². The number of rotatable bonds is 6. The Morgan fingerprint density at radius 3 is 2.43 bits per heavy atom. The lowest BCUT2D eigenvalue weighted by Gasteiger charge is -2.26. The topological polar surface area (TPSA) is 93.5 Å². The number of hydrogen-bond acceptors (Lipinski definition) is 5. The Morgan fingerprint density at radius 2 is 1.73 bits per heavy atom. The maximum absolute atomic E-state index is 12.7. The normalized spacial score (nSPS) is 15.1. The minimum atomic E-state index is -3.53. The molecular weight excluding hydrogens is 404 g/mol. The molecule has 30 heavy (non-hydrogen) atoms. The van der Waals surface area contributed by atoms with Crippen molar-refractivity contribution in [3.63, 3.8) is 0 Å². The van der Waals surface area contributed by atoms with Crippen molar-refractivity contribution >= 4 is 15.9 Å². The van der Waals surface area contributed by atoms with Gasteiger partial charge in [-0.15, -0.1) is 0 Å². The van der Waals surface area contributed by atoms with E-state index in [0.717, 1.165) is 11.3 Å². The molecule has 9 heteroatoms. The van der Waals surface area contributed by atoms with E-state index < -0.39 is 10.0 Å². The van der Waals surface area contributed by atoms with Crippen LogP contribution in [-0.2, 0) is 21.3 Å². The zero-order valence-electron chi connectivity index (χ0n) is 16.3. The number of amides is 1. The van der Waals surface area contributed by atoms with Crippen LogP contribution in [0.25, 0.3) is 5.69 Å². The van der Waals surface area contributed by atoms with Gasteiger partial charge < -0.3 is 10.1 Å². The number of para-hydroxylation sites is 1. The molecule has 1 aliphatic rings. The Morgan fingerprint density at radius 1 is 1.03 bits per heavy atom. The summed E-state index contributed by atoms with van der Waals surface area (Å²) < 4.78 is 33.7. The molecule has 1 aliphatic heterocycles. The van der Waals surface area contributed by atoms with E-state index in [2.05, 4.69) is 10.3 Å². The Bertz CT molecular complexity index is 1110. The Labute approximate surface area is 175 Å². The van der Waals surface area contributed by atoms with Crippen molar-refractivity contribution in [1.82, 2.24) is 19.2 Å². The molecule has 8 nitrogen and oxygen atoms in total. The fourth-order valence-electron chi connectivity index (χ4n) is 3.25. The first-order valence-corrected chi connectivity index (χ1v) is 11.0. The number of nitrogens with one attached hydrogen (secondary N) is 1. The standard InChI is InChI=1S/C21H22N4O4S/c26-21(20-15-22-16-25(20)18-4-2-1-3-5-18)23-14-17-6-8-19(9-7-17)30(27,28)24-10-12-29-13-11-24/h1-9,15-16H,10-14H2,(H,23,26). The van der Waals surface area contributed by atoms with Crippen LogP contribution in [0, 0.1) is 0 Å². The highest BCUT2D eigenvalue weighted by Gasteiger charge is 2.26. The number of carbonyl (C=O) groups excluding carboxylic acids is 1. The molecule has 1 fully saturated rings. The second kappa shape index (κ2) is 8.78. The van der Waals surface area contributed by atoms with Gasteiger partial charge >= 0.3 is 0 Å². The van der Waals surface area contributed by atoms with Crippen LogP contribution in [0.15, 0.2) is 72.0 Å². The molecule has 0 aliphatic carbocycles. The van der Waals surface area contributed by atoms with E-state index in [-0.39, 0.29) is 17.3 Å². The summed E-state index contributed by atoms with van der Waals surface area (Å²) in [5, 5.41) is 2.86. The quantitative estimate of drug-likeness (QED) is 0.649. The first-order valence-electron chi connectivity index (χ1n) is 9.58. The summed E-state index contributed by atoms with van der Waals surface area (Å²) in [5.41, 5.74) is 2.07. The molecule has 1 aromatic heterocycles. The zero-order chi connectivity index (χ0) is 21.0. The lowest BCUT2D eigenvalue weighted by atomic mass is 10.2. The van der Waals surface area contributed by atoms with Gasteiger partial charge in [0.25, 0.3) is 5.91 Å². The van der Waals surface area contributed by atoms with Gasteiger partial charge in [-0.25, -0.2) is 13.4 Å². The van der Waals surface area contributed by atoms with Gasteiger partial charge in [0, 0.05) is 25.3 Å². The van der Waals surface area contributed by atoms with Crippen molar-refractivity contribution < 1.29 is 17.9 Å². The van der Waals surface area contributed by atoms with E-state index >= 15 is 0 Å².